The van der Waals surface area contributed by atoms with Crippen molar-refractivity contribution in [1.82, 2.24) is 0 Å². The molecule has 1 rings (SSSR count). The molecule has 0 aromatic carbocycles. The second-order valence-corrected chi connectivity index (χ2v) is 5.34. The molecule has 0 saturated heterocycles. The van der Waals surface area contributed by atoms with Crippen LogP contribution in [0.4, 0.5) is 0 Å². The Labute approximate surface area is 121 Å². The molecule has 0 fully saturated rings. The van der Waals surface area contributed by atoms with Gasteiger partial charge >= 0.3 is 5.97 Å². The van der Waals surface area contributed by atoms with Crippen LogP contribution in [0.5, 0.6) is 0 Å². The molecule has 4 nitrogen and oxygen atoms in total. The average molecular weight is 278 g/mol. The number of nitrogens with zero attached hydrogens (tertiary/aromatic N) is 1. The van der Waals surface area contributed by atoms with Gasteiger partial charge in [-0.15, -0.1) is 0 Å². The van der Waals surface area contributed by atoms with Crippen molar-refractivity contribution in [2.24, 2.45) is 16.6 Å². The highest BCUT2D eigenvalue weighted by Gasteiger charge is 2.10. The molecule has 0 aromatic rings. The number of nitrogens with two attached hydrogens (primary N) is 1. The van der Waals surface area contributed by atoms with Gasteiger partial charge in [-0.3, -0.25) is 4.79 Å². The first-order valence-corrected chi connectivity index (χ1v) is 7.39. The standard InChI is InChI=1S/C16H26N2O2/c1-4-5-6-12(2)16(17)18-15-9-7-14(8-10-15)11-20-13(3)19/h7,9,12H,4-6,8,10-11H2,1-3H3,(H2,17,18). The Hall–Kier alpha value is -1.58. The van der Waals surface area contributed by atoms with Gasteiger partial charge in [0.25, 0.3) is 0 Å². The number of carbonyl (C=O) groups excluding carboxylic acids is 1. The molecule has 1 unspecified atom stereocenters. The number of unbranched alkanes of at least 4 members (excludes halogenated alkanes) is 1. The number of carbonyl (C=O) groups is 1. The van der Waals surface area contributed by atoms with Crippen molar-refractivity contribution >= 4 is 11.8 Å². The van der Waals surface area contributed by atoms with E-state index in [1.54, 1.807) is 0 Å². The molecular formula is C16H26N2O2. The van der Waals surface area contributed by atoms with Crippen LogP contribution in [-0.2, 0) is 9.53 Å². The van der Waals surface area contributed by atoms with Gasteiger partial charge in [0, 0.05) is 18.5 Å². The van der Waals surface area contributed by atoms with Crippen LogP contribution in [0.25, 0.3) is 0 Å². The molecule has 4 heteroatoms. The maximum atomic E-state index is 10.8. The van der Waals surface area contributed by atoms with E-state index in [1.165, 1.54) is 19.8 Å². The van der Waals surface area contributed by atoms with Gasteiger partial charge in [0.2, 0.25) is 0 Å². The van der Waals surface area contributed by atoms with E-state index < -0.39 is 0 Å². The van der Waals surface area contributed by atoms with Gasteiger partial charge in [0.15, 0.2) is 0 Å². The zero-order valence-electron chi connectivity index (χ0n) is 12.8. The van der Waals surface area contributed by atoms with E-state index in [-0.39, 0.29) is 5.97 Å². The van der Waals surface area contributed by atoms with Gasteiger partial charge in [0.1, 0.15) is 12.4 Å². The number of amidine groups is 1. The van der Waals surface area contributed by atoms with Crippen LogP contribution in [0.1, 0.15) is 52.9 Å². The second kappa shape index (κ2) is 8.56. The Morgan fingerprint density at radius 2 is 2.20 bits per heavy atom. The van der Waals surface area contributed by atoms with Gasteiger partial charge in [-0.25, -0.2) is 4.99 Å². The number of hydrogen-bond acceptors (Lipinski definition) is 3. The Kier molecular flexibility index (Phi) is 7.05. The van der Waals surface area contributed by atoms with E-state index in [2.05, 4.69) is 18.8 Å². The zero-order chi connectivity index (χ0) is 15.0. The molecule has 1 aliphatic carbocycles. The van der Waals surface area contributed by atoms with Crippen LogP contribution in [-0.4, -0.2) is 18.4 Å². The predicted octanol–water partition coefficient (Wildman–Crippen LogP) is 3.34. The minimum atomic E-state index is -0.243. The summed E-state index contributed by atoms with van der Waals surface area (Å²) in [6, 6.07) is 0. The minimum absolute atomic E-state index is 0.243. The summed E-state index contributed by atoms with van der Waals surface area (Å²) in [5.41, 5.74) is 8.17. The molecule has 0 aromatic heterocycles. The fourth-order valence-corrected chi connectivity index (χ4v) is 2.01. The maximum Gasteiger partial charge on any atom is 0.302 e. The quantitative estimate of drug-likeness (QED) is 0.441. The van der Waals surface area contributed by atoms with E-state index >= 15 is 0 Å². The first-order chi connectivity index (χ1) is 9.52. The van der Waals surface area contributed by atoms with Crippen molar-refractivity contribution in [2.45, 2.75) is 52.9 Å². The highest BCUT2D eigenvalue weighted by atomic mass is 16.5. The normalized spacial score (nSPS) is 17.2. The number of allylic oxidation sites excluding steroid dienone is 3. The summed E-state index contributed by atoms with van der Waals surface area (Å²) < 4.78 is 4.98. The highest BCUT2D eigenvalue weighted by Crippen LogP contribution is 2.20. The molecule has 0 amide bonds. The van der Waals surface area contributed by atoms with E-state index in [0.29, 0.717) is 12.5 Å². The van der Waals surface area contributed by atoms with Gasteiger partial charge in [0.05, 0.1) is 0 Å². The van der Waals surface area contributed by atoms with Crippen molar-refractivity contribution in [3.05, 3.63) is 23.4 Å². The third-order valence-electron chi connectivity index (χ3n) is 3.44. The fraction of sp³-hybridized carbons (Fsp3) is 0.625. The summed E-state index contributed by atoms with van der Waals surface area (Å²) >= 11 is 0. The lowest BCUT2D eigenvalue weighted by molar-refractivity contribution is -0.140. The molecule has 0 bridgehead atoms. The summed E-state index contributed by atoms with van der Waals surface area (Å²) in [5.74, 6) is 0.816. The van der Waals surface area contributed by atoms with Crippen LogP contribution >= 0.6 is 0 Å². The first-order valence-electron chi connectivity index (χ1n) is 7.39. The highest BCUT2D eigenvalue weighted by molar-refractivity contribution is 5.83. The lowest BCUT2D eigenvalue weighted by atomic mass is 10.0. The second-order valence-electron chi connectivity index (χ2n) is 5.34. The molecule has 0 heterocycles. The van der Waals surface area contributed by atoms with Crippen molar-refractivity contribution in [1.29, 1.82) is 0 Å². The smallest absolute Gasteiger partial charge is 0.302 e. The summed E-state index contributed by atoms with van der Waals surface area (Å²) in [6.45, 7) is 6.11. The largest absolute Gasteiger partial charge is 0.461 e. The summed E-state index contributed by atoms with van der Waals surface area (Å²) in [5, 5.41) is 0. The summed E-state index contributed by atoms with van der Waals surface area (Å²) in [6.07, 6.45) is 9.14. The van der Waals surface area contributed by atoms with Gasteiger partial charge in [-0.2, -0.15) is 0 Å². The Morgan fingerprint density at radius 1 is 1.45 bits per heavy atom. The van der Waals surface area contributed by atoms with Crippen LogP contribution in [0, 0.1) is 5.92 Å². The number of aliphatic imine (C=N–C) groups is 1. The monoisotopic (exact) mass is 278 g/mol. The number of rotatable bonds is 7. The molecule has 1 aliphatic rings. The van der Waals surface area contributed by atoms with Crippen LogP contribution < -0.4 is 5.73 Å². The third kappa shape index (κ3) is 6.04. The predicted molar refractivity (Wildman–Crippen MR) is 82.3 cm³/mol. The molecule has 0 radical (unpaired) electrons. The lowest BCUT2D eigenvalue weighted by Gasteiger charge is -2.14. The van der Waals surface area contributed by atoms with Crippen LogP contribution in [0.15, 0.2) is 28.4 Å². The fourth-order valence-electron chi connectivity index (χ4n) is 2.01. The van der Waals surface area contributed by atoms with Gasteiger partial charge in [-0.05, 0) is 30.9 Å². The minimum Gasteiger partial charge on any atom is -0.461 e. The Balaban J connectivity index is 2.54. The topological polar surface area (TPSA) is 64.7 Å². The molecule has 0 saturated carbocycles. The maximum absolute atomic E-state index is 10.8. The van der Waals surface area contributed by atoms with Crippen molar-refractivity contribution in [3.63, 3.8) is 0 Å². The lowest BCUT2D eigenvalue weighted by Crippen LogP contribution is -2.21. The zero-order valence-corrected chi connectivity index (χ0v) is 12.8. The van der Waals surface area contributed by atoms with Gasteiger partial charge in [-0.1, -0.05) is 32.8 Å². The van der Waals surface area contributed by atoms with Crippen LogP contribution in [0.2, 0.25) is 0 Å². The first kappa shape index (κ1) is 16.5. The molecule has 2 N–H and O–H groups in total. The van der Waals surface area contributed by atoms with Crippen LogP contribution in [0.3, 0.4) is 0 Å². The Bertz CT molecular complexity index is 422. The number of ether oxygens (including phenoxy) is 1. The van der Waals surface area contributed by atoms with E-state index in [1.807, 2.05) is 12.2 Å². The average Bonchev–Trinajstić information content (AvgIpc) is 2.43. The Morgan fingerprint density at radius 3 is 2.75 bits per heavy atom. The molecule has 20 heavy (non-hydrogen) atoms. The molecule has 1 atom stereocenters. The van der Waals surface area contributed by atoms with E-state index in [9.17, 15) is 4.79 Å². The summed E-state index contributed by atoms with van der Waals surface area (Å²) in [7, 11) is 0. The van der Waals surface area contributed by atoms with E-state index in [4.69, 9.17) is 10.5 Å². The number of hydrogen-bond donors (Lipinski definition) is 1. The molecule has 0 aliphatic heterocycles. The van der Waals surface area contributed by atoms with Crippen molar-refractivity contribution < 1.29 is 9.53 Å². The SMILES string of the molecule is CCCCC(C)C(N)=NC1=CC=C(COC(C)=O)CC1. The number of esters is 1. The molecule has 112 valence electrons. The molecule has 0 spiro atoms. The molecular weight excluding hydrogens is 252 g/mol. The van der Waals surface area contributed by atoms with Gasteiger partial charge < -0.3 is 10.5 Å². The van der Waals surface area contributed by atoms with Crippen molar-refractivity contribution in [3.8, 4) is 0 Å². The van der Waals surface area contributed by atoms with E-state index in [0.717, 1.165) is 36.4 Å². The third-order valence-corrected chi connectivity index (χ3v) is 3.44. The summed E-state index contributed by atoms with van der Waals surface area (Å²) in [4.78, 5) is 15.3. The van der Waals surface area contributed by atoms with Crippen molar-refractivity contribution in [2.75, 3.05) is 6.61 Å².